The van der Waals surface area contributed by atoms with Gasteiger partial charge in [0.05, 0.1) is 10.6 Å². The second kappa shape index (κ2) is 9.60. The van der Waals surface area contributed by atoms with Crippen LogP contribution in [-0.2, 0) is 11.4 Å². The molecule has 3 aromatic carbocycles. The average Bonchev–Trinajstić information content (AvgIpc) is 3.10. The van der Waals surface area contributed by atoms with Crippen molar-refractivity contribution in [1.82, 2.24) is 5.32 Å². The summed E-state index contributed by atoms with van der Waals surface area (Å²) >= 11 is 13.6. The summed E-state index contributed by atoms with van der Waals surface area (Å²) in [4.78, 5) is 17.4. The third-order valence-corrected chi connectivity index (χ3v) is 6.33. The molecule has 1 fully saturated rings. The van der Waals surface area contributed by atoms with Crippen LogP contribution in [-0.4, -0.2) is 11.1 Å². The lowest BCUT2D eigenvalue weighted by Crippen LogP contribution is -2.19. The maximum Gasteiger partial charge on any atom is 0.264 e. The van der Waals surface area contributed by atoms with Crippen LogP contribution in [0.3, 0.4) is 0 Å². The van der Waals surface area contributed by atoms with Crippen LogP contribution in [0.15, 0.2) is 76.6 Å². The standard InChI is InChI=1S/C24H18Cl2N2O2S/c1-15-19(25)7-4-8-21(15)27-24-28-23(29)22(31-24)13-16-9-11-18(12-10-16)30-14-17-5-2-3-6-20(17)26/h2-13H,14H2,1H3,(H,27,28,29)/b22-13+. The van der Waals surface area contributed by atoms with E-state index in [1.165, 1.54) is 11.8 Å². The number of hydrogen-bond donors (Lipinski definition) is 1. The molecule has 1 amide bonds. The van der Waals surface area contributed by atoms with Gasteiger partial charge in [0.2, 0.25) is 0 Å². The fourth-order valence-corrected chi connectivity index (χ4v) is 4.09. The van der Waals surface area contributed by atoms with E-state index in [2.05, 4.69) is 10.3 Å². The van der Waals surface area contributed by atoms with Crippen molar-refractivity contribution in [1.29, 1.82) is 0 Å². The first-order chi connectivity index (χ1) is 15.0. The monoisotopic (exact) mass is 468 g/mol. The highest BCUT2D eigenvalue weighted by atomic mass is 35.5. The lowest BCUT2D eigenvalue weighted by Gasteiger charge is -2.08. The number of ether oxygens (including phenoxy) is 1. The fraction of sp³-hybridized carbons (Fsp3) is 0.0833. The molecule has 31 heavy (non-hydrogen) atoms. The SMILES string of the molecule is Cc1c(Cl)cccc1N=C1NC(=O)/C(=C\c2ccc(OCc3ccccc3Cl)cc2)S1. The van der Waals surface area contributed by atoms with Crippen LogP contribution in [0.1, 0.15) is 16.7 Å². The average molecular weight is 469 g/mol. The van der Waals surface area contributed by atoms with Crippen molar-refractivity contribution in [2.45, 2.75) is 13.5 Å². The molecule has 4 nitrogen and oxygen atoms in total. The summed E-state index contributed by atoms with van der Waals surface area (Å²) < 4.78 is 5.80. The van der Waals surface area contributed by atoms with E-state index >= 15 is 0 Å². The molecular formula is C24H18Cl2N2O2S. The van der Waals surface area contributed by atoms with Gasteiger partial charge in [-0.05, 0) is 66.2 Å². The van der Waals surface area contributed by atoms with E-state index in [4.69, 9.17) is 27.9 Å². The van der Waals surface area contributed by atoms with Crippen molar-refractivity contribution < 1.29 is 9.53 Å². The fourth-order valence-electron chi connectivity index (χ4n) is 2.90. The molecule has 1 heterocycles. The molecule has 3 aromatic rings. The largest absolute Gasteiger partial charge is 0.489 e. The van der Waals surface area contributed by atoms with Crippen molar-refractivity contribution >= 4 is 57.8 Å². The summed E-state index contributed by atoms with van der Waals surface area (Å²) in [5, 5.41) is 4.65. The molecule has 7 heteroatoms. The number of rotatable bonds is 5. The van der Waals surface area contributed by atoms with Gasteiger partial charge < -0.3 is 10.1 Å². The van der Waals surface area contributed by atoms with Crippen LogP contribution in [0, 0.1) is 6.92 Å². The smallest absolute Gasteiger partial charge is 0.264 e. The zero-order valence-corrected chi connectivity index (χ0v) is 18.9. The first kappa shape index (κ1) is 21.5. The van der Waals surface area contributed by atoms with Gasteiger partial charge in [-0.2, -0.15) is 0 Å². The van der Waals surface area contributed by atoms with E-state index in [9.17, 15) is 4.79 Å². The lowest BCUT2D eigenvalue weighted by atomic mass is 10.2. The normalized spacial score (nSPS) is 16.0. The maximum atomic E-state index is 12.3. The third kappa shape index (κ3) is 5.31. The molecule has 1 aliphatic heterocycles. The molecule has 0 aromatic heterocycles. The van der Waals surface area contributed by atoms with Gasteiger partial charge in [0.15, 0.2) is 5.17 Å². The molecular weight excluding hydrogens is 451 g/mol. The molecule has 0 radical (unpaired) electrons. The molecule has 0 atom stereocenters. The molecule has 0 unspecified atom stereocenters. The van der Waals surface area contributed by atoms with E-state index < -0.39 is 0 Å². The summed E-state index contributed by atoms with van der Waals surface area (Å²) in [7, 11) is 0. The summed E-state index contributed by atoms with van der Waals surface area (Å²) in [5.74, 6) is 0.548. The zero-order chi connectivity index (χ0) is 21.8. The molecule has 0 bridgehead atoms. The minimum absolute atomic E-state index is 0.178. The van der Waals surface area contributed by atoms with Crippen molar-refractivity contribution in [3.63, 3.8) is 0 Å². The minimum Gasteiger partial charge on any atom is -0.489 e. The number of hydrogen-bond acceptors (Lipinski definition) is 4. The van der Waals surface area contributed by atoms with Gasteiger partial charge in [-0.15, -0.1) is 0 Å². The van der Waals surface area contributed by atoms with Gasteiger partial charge in [-0.1, -0.05) is 59.6 Å². The first-order valence-corrected chi connectivity index (χ1v) is 11.1. The Morgan fingerprint density at radius 3 is 2.52 bits per heavy atom. The van der Waals surface area contributed by atoms with Gasteiger partial charge in [0.1, 0.15) is 12.4 Å². The van der Waals surface area contributed by atoms with Crippen molar-refractivity contribution in [2.75, 3.05) is 0 Å². The summed E-state index contributed by atoms with van der Waals surface area (Å²) in [6.45, 7) is 2.29. The molecule has 1 saturated heterocycles. The molecule has 0 aliphatic carbocycles. The van der Waals surface area contributed by atoms with E-state index in [1.54, 1.807) is 0 Å². The van der Waals surface area contributed by atoms with Gasteiger partial charge in [0, 0.05) is 15.6 Å². The zero-order valence-electron chi connectivity index (χ0n) is 16.6. The first-order valence-electron chi connectivity index (χ1n) is 9.50. The molecule has 0 saturated carbocycles. The Labute approximate surface area is 194 Å². The second-order valence-electron chi connectivity index (χ2n) is 6.81. The number of nitrogens with one attached hydrogen (secondary N) is 1. The van der Waals surface area contributed by atoms with Gasteiger partial charge >= 0.3 is 0 Å². The number of amides is 1. The third-order valence-electron chi connectivity index (χ3n) is 4.64. The van der Waals surface area contributed by atoms with Crippen LogP contribution in [0.25, 0.3) is 6.08 Å². The lowest BCUT2D eigenvalue weighted by molar-refractivity contribution is -0.115. The predicted molar refractivity (Wildman–Crippen MR) is 129 cm³/mol. The quantitative estimate of drug-likeness (QED) is 0.420. The predicted octanol–water partition coefficient (Wildman–Crippen LogP) is 6.77. The highest BCUT2D eigenvalue weighted by Crippen LogP contribution is 2.31. The van der Waals surface area contributed by atoms with Crippen molar-refractivity contribution in [3.8, 4) is 5.75 Å². The number of thioether (sulfide) groups is 1. The van der Waals surface area contributed by atoms with E-state index in [1.807, 2.05) is 79.7 Å². The summed E-state index contributed by atoms with van der Waals surface area (Å²) in [6, 6.07) is 20.6. The van der Waals surface area contributed by atoms with Gasteiger partial charge in [-0.25, -0.2) is 4.99 Å². The number of carbonyl (C=O) groups is 1. The maximum absolute atomic E-state index is 12.3. The van der Waals surface area contributed by atoms with Crippen LogP contribution >= 0.6 is 35.0 Å². The Kier molecular flexibility index (Phi) is 6.66. The Bertz CT molecular complexity index is 1190. The number of benzene rings is 3. The van der Waals surface area contributed by atoms with Crippen LogP contribution in [0.4, 0.5) is 5.69 Å². The summed E-state index contributed by atoms with van der Waals surface area (Å²) in [5.41, 5.74) is 3.42. The molecule has 156 valence electrons. The molecule has 0 spiro atoms. The van der Waals surface area contributed by atoms with Crippen LogP contribution < -0.4 is 10.1 Å². The number of amidine groups is 1. The van der Waals surface area contributed by atoms with E-state index in [0.29, 0.717) is 26.7 Å². The van der Waals surface area contributed by atoms with Crippen LogP contribution in [0.2, 0.25) is 10.0 Å². The number of nitrogens with zero attached hydrogens (tertiary/aromatic N) is 1. The van der Waals surface area contributed by atoms with Crippen LogP contribution in [0.5, 0.6) is 5.75 Å². The minimum atomic E-state index is -0.178. The van der Waals surface area contributed by atoms with E-state index in [0.717, 1.165) is 28.1 Å². The highest BCUT2D eigenvalue weighted by molar-refractivity contribution is 8.18. The van der Waals surface area contributed by atoms with E-state index in [-0.39, 0.29) is 5.91 Å². The molecule has 1 aliphatic rings. The van der Waals surface area contributed by atoms with Gasteiger partial charge in [-0.3, -0.25) is 4.79 Å². The second-order valence-corrected chi connectivity index (χ2v) is 8.66. The Morgan fingerprint density at radius 2 is 1.74 bits per heavy atom. The van der Waals surface area contributed by atoms with Crippen molar-refractivity contribution in [2.24, 2.45) is 4.99 Å². The Morgan fingerprint density at radius 1 is 1.00 bits per heavy atom. The topological polar surface area (TPSA) is 50.7 Å². The Hall–Kier alpha value is -2.73. The van der Waals surface area contributed by atoms with Gasteiger partial charge in [0.25, 0.3) is 5.91 Å². The highest BCUT2D eigenvalue weighted by Gasteiger charge is 2.24. The number of aliphatic imine (C=N–C) groups is 1. The number of halogens is 2. The number of carbonyl (C=O) groups excluding carboxylic acids is 1. The molecule has 4 rings (SSSR count). The summed E-state index contributed by atoms with van der Waals surface area (Å²) in [6.07, 6.45) is 1.82. The van der Waals surface area contributed by atoms with Crippen molar-refractivity contribution in [3.05, 3.63) is 98.4 Å². The Balaban J connectivity index is 1.44. The molecule has 1 N–H and O–H groups in total.